The largest absolute Gasteiger partial charge is 0.488 e. The van der Waals surface area contributed by atoms with Gasteiger partial charge in [-0.1, -0.05) is 36.6 Å². The number of rotatable bonds is 8. The average Bonchev–Trinajstić information content (AvgIpc) is 3.08. The predicted molar refractivity (Wildman–Crippen MR) is 123 cm³/mol. The minimum absolute atomic E-state index is 0.164. The number of hydrogen-bond donors (Lipinski definition) is 2. The highest BCUT2D eigenvalue weighted by molar-refractivity contribution is 7.73. The lowest BCUT2D eigenvalue weighted by Crippen LogP contribution is -2.52. The molecule has 0 fully saturated rings. The van der Waals surface area contributed by atoms with E-state index in [1.807, 2.05) is 39.8 Å². The molecule has 0 aliphatic carbocycles. The Balaban J connectivity index is 2.42. The number of benzene rings is 1. The molecule has 11 heteroatoms. The van der Waals surface area contributed by atoms with Crippen LogP contribution in [0.15, 0.2) is 24.3 Å². The molecule has 1 heterocycles. The minimum Gasteiger partial charge on any atom is -0.488 e. The van der Waals surface area contributed by atoms with Gasteiger partial charge in [0.2, 0.25) is 5.13 Å². The van der Waals surface area contributed by atoms with Gasteiger partial charge in [-0.3, -0.25) is 10.5 Å². The third-order valence-electron chi connectivity index (χ3n) is 3.89. The van der Waals surface area contributed by atoms with Gasteiger partial charge in [-0.05, 0) is 50.7 Å². The normalized spacial score (nSPS) is 12.4. The van der Waals surface area contributed by atoms with Gasteiger partial charge in [0.25, 0.3) is 0 Å². The van der Waals surface area contributed by atoms with Crippen LogP contribution < -0.4 is 10.2 Å². The van der Waals surface area contributed by atoms with Crippen LogP contribution in [0, 0.1) is 3.95 Å². The van der Waals surface area contributed by atoms with Crippen LogP contribution in [-0.4, -0.2) is 54.5 Å². The molecule has 1 aromatic heterocycles. The highest BCUT2D eigenvalue weighted by Crippen LogP contribution is 2.27. The molecular formula is C19H26N4O4S2Si. The third-order valence-corrected chi connectivity index (χ3v) is 6.43. The van der Waals surface area contributed by atoms with Crippen LogP contribution in [0.2, 0.25) is 13.1 Å². The fraction of sp³-hybridized carbons (Fsp3) is 0.421. The van der Waals surface area contributed by atoms with Crippen LogP contribution >= 0.6 is 23.6 Å². The van der Waals surface area contributed by atoms with Crippen molar-refractivity contribution >= 4 is 55.1 Å². The summed E-state index contributed by atoms with van der Waals surface area (Å²) in [6.45, 7) is 9.87. The number of methoxy groups -OCH3 is 1. The summed E-state index contributed by atoms with van der Waals surface area (Å²) in [4.78, 5) is 24.7. The fourth-order valence-electron chi connectivity index (χ4n) is 2.69. The summed E-state index contributed by atoms with van der Waals surface area (Å²) < 4.78 is 13.1. The lowest BCUT2D eigenvalue weighted by molar-refractivity contribution is -0.142. The van der Waals surface area contributed by atoms with Gasteiger partial charge in [0.15, 0.2) is 10.00 Å². The smallest absolute Gasteiger partial charge is 0.329 e. The van der Waals surface area contributed by atoms with E-state index >= 15 is 0 Å². The summed E-state index contributed by atoms with van der Waals surface area (Å²) in [5.41, 5.74) is 3.49. The number of nitrogens with one attached hydrogen (secondary N) is 2. The topological polar surface area (TPSA) is 96.6 Å². The number of carbonyl (C=O) groups excluding carboxylic acids is 2. The Labute approximate surface area is 186 Å². The molecule has 0 radical (unpaired) electrons. The molecule has 1 aromatic carbocycles. The first-order valence-electron chi connectivity index (χ1n) is 9.28. The molecule has 0 bridgehead atoms. The van der Waals surface area contributed by atoms with E-state index < -0.39 is 21.0 Å². The lowest BCUT2D eigenvalue weighted by Gasteiger charge is -2.33. The van der Waals surface area contributed by atoms with Crippen LogP contribution in [-0.2, 0) is 14.3 Å². The molecule has 162 valence electrons. The van der Waals surface area contributed by atoms with Crippen molar-refractivity contribution < 1.29 is 19.1 Å². The molecule has 2 N–H and O–H groups in total. The quantitative estimate of drug-likeness (QED) is 0.201. The average molecular weight is 467 g/mol. The standard InChI is InChI=1S/C19H26N4O4S2Si/c1-19(2,3)27-13-9-7-12(8-10-13)14(11-24)15(16(25)26-4)23(30(5)6)22-17-20-21-18(28)29-17/h7-10,15,30H,1-6H3,(H,20,22)(H,21,28)/t15-/m0/s1. The molecule has 0 saturated heterocycles. The Kier molecular flexibility index (Phi) is 8.10. The van der Waals surface area contributed by atoms with Crippen molar-refractivity contribution in [2.45, 2.75) is 45.5 Å². The summed E-state index contributed by atoms with van der Waals surface area (Å²) >= 11 is 6.31. The maximum Gasteiger partial charge on any atom is 0.329 e. The highest BCUT2D eigenvalue weighted by Gasteiger charge is 2.35. The van der Waals surface area contributed by atoms with E-state index in [9.17, 15) is 9.59 Å². The van der Waals surface area contributed by atoms with Crippen LogP contribution in [0.25, 0.3) is 5.57 Å². The van der Waals surface area contributed by atoms with Crippen molar-refractivity contribution in [1.29, 1.82) is 0 Å². The second kappa shape index (κ2) is 10.1. The number of hydrogen-bond acceptors (Lipinski definition) is 9. The second-order valence-electron chi connectivity index (χ2n) is 7.71. The molecule has 0 saturated carbocycles. The highest BCUT2D eigenvalue weighted by atomic mass is 32.1. The van der Waals surface area contributed by atoms with E-state index in [1.54, 1.807) is 28.9 Å². The molecule has 1 atom stereocenters. The number of ether oxygens (including phenoxy) is 2. The fourth-order valence-corrected chi connectivity index (χ4v) is 4.82. The van der Waals surface area contributed by atoms with Gasteiger partial charge in [0, 0.05) is 0 Å². The van der Waals surface area contributed by atoms with Gasteiger partial charge in [-0.2, -0.15) is 0 Å². The SMILES string of the molecule is COC(=O)[C@H](C(=C=O)c1ccc(OC(C)(C)C)cc1)N(Nc1n[nH]c(=S)s1)[SiH](C)C. The minimum atomic E-state index is -1.69. The molecular weight excluding hydrogens is 440 g/mol. The molecule has 30 heavy (non-hydrogen) atoms. The van der Waals surface area contributed by atoms with Crippen molar-refractivity contribution in [3.8, 4) is 5.75 Å². The van der Waals surface area contributed by atoms with E-state index in [1.165, 1.54) is 18.4 Å². The first kappa shape index (κ1) is 24.0. The number of aromatic nitrogens is 2. The van der Waals surface area contributed by atoms with E-state index in [0.29, 0.717) is 20.4 Å². The monoisotopic (exact) mass is 466 g/mol. The number of carbonyl (C=O) groups is 1. The second-order valence-corrected chi connectivity index (χ2v) is 12.1. The van der Waals surface area contributed by atoms with Crippen molar-refractivity contribution in [2.24, 2.45) is 0 Å². The van der Waals surface area contributed by atoms with E-state index in [-0.39, 0.29) is 11.2 Å². The number of hydrazine groups is 1. The first-order valence-corrected chi connectivity index (χ1v) is 13.3. The zero-order valence-corrected chi connectivity index (χ0v) is 20.6. The molecule has 0 spiro atoms. The summed E-state index contributed by atoms with van der Waals surface area (Å²) in [7, 11) is -0.402. The zero-order chi connectivity index (χ0) is 22.5. The Morgan fingerprint density at radius 2 is 1.97 bits per heavy atom. The Morgan fingerprint density at radius 1 is 1.33 bits per heavy atom. The summed E-state index contributed by atoms with van der Waals surface area (Å²) in [5, 5.41) is 7.28. The van der Waals surface area contributed by atoms with Crippen molar-refractivity contribution in [3.63, 3.8) is 0 Å². The van der Waals surface area contributed by atoms with Crippen LogP contribution in [0.4, 0.5) is 5.13 Å². The van der Waals surface area contributed by atoms with Crippen LogP contribution in [0.3, 0.4) is 0 Å². The number of anilines is 1. The van der Waals surface area contributed by atoms with Gasteiger partial charge in [-0.25, -0.2) is 14.3 Å². The summed E-state index contributed by atoms with van der Waals surface area (Å²) in [5.74, 6) is 2.04. The lowest BCUT2D eigenvalue weighted by atomic mass is 10.00. The molecule has 0 unspecified atom stereocenters. The van der Waals surface area contributed by atoms with Gasteiger partial charge in [0.1, 0.15) is 26.3 Å². The van der Waals surface area contributed by atoms with Gasteiger partial charge < -0.3 is 9.47 Å². The number of aromatic amines is 1. The molecule has 2 rings (SSSR count). The number of esters is 1. The maximum absolute atomic E-state index is 12.7. The van der Waals surface area contributed by atoms with E-state index in [2.05, 4.69) is 15.6 Å². The van der Waals surface area contributed by atoms with Gasteiger partial charge in [-0.15, -0.1) is 5.10 Å². The first-order chi connectivity index (χ1) is 14.1. The Morgan fingerprint density at radius 3 is 2.40 bits per heavy atom. The van der Waals surface area contributed by atoms with E-state index in [4.69, 9.17) is 21.7 Å². The van der Waals surface area contributed by atoms with E-state index in [0.717, 1.165) is 0 Å². The zero-order valence-electron chi connectivity index (χ0n) is 17.8. The predicted octanol–water partition coefficient (Wildman–Crippen LogP) is 3.45. The molecule has 0 amide bonds. The van der Waals surface area contributed by atoms with Crippen molar-refractivity contribution in [3.05, 3.63) is 33.8 Å². The van der Waals surface area contributed by atoms with Gasteiger partial charge in [0.05, 0.1) is 12.7 Å². The van der Waals surface area contributed by atoms with Crippen LogP contribution in [0.5, 0.6) is 5.75 Å². The Bertz CT molecular complexity index is 975. The third kappa shape index (κ3) is 6.35. The van der Waals surface area contributed by atoms with Crippen molar-refractivity contribution in [2.75, 3.05) is 12.5 Å². The molecule has 0 aliphatic rings. The molecule has 0 aliphatic heterocycles. The molecule has 2 aromatic rings. The Hall–Kier alpha value is -2.30. The maximum atomic E-state index is 12.7. The number of H-pyrrole nitrogens is 1. The molecule has 8 nitrogen and oxygen atoms in total. The van der Waals surface area contributed by atoms with Crippen molar-refractivity contribution in [1.82, 2.24) is 14.9 Å². The summed E-state index contributed by atoms with van der Waals surface area (Å²) in [6.07, 6.45) is 0. The van der Waals surface area contributed by atoms with Gasteiger partial charge >= 0.3 is 5.97 Å². The number of nitrogens with zero attached hydrogens (tertiary/aromatic N) is 2. The van der Waals surface area contributed by atoms with Crippen LogP contribution in [0.1, 0.15) is 26.3 Å². The summed E-state index contributed by atoms with van der Waals surface area (Å²) in [6, 6.07) is 5.99.